The van der Waals surface area contributed by atoms with Gasteiger partial charge in [0.05, 0.1) is 18.2 Å². The van der Waals surface area contributed by atoms with Gasteiger partial charge < -0.3 is 9.64 Å². The van der Waals surface area contributed by atoms with Crippen LogP contribution in [0.25, 0.3) is 6.08 Å². The van der Waals surface area contributed by atoms with Crippen LogP contribution in [0.1, 0.15) is 5.56 Å². The summed E-state index contributed by atoms with van der Waals surface area (Å²) >= 11 is 10.1. The summed E-state index contributed by atoms with van der Waals surface area (Å²) in [5.41, 5.74) is 0.888. The van der Waals surface area contributed by atoms with Crippen LogP contribution in [-0.4, -0.2) is 37.1 Å². The molecule has 0 spiro atoms. The van der Waals surface area contributed by atoms with Crippen LogP contribution < -0.4 is 0 Å². The van der Waals surface area contributed by atoms with E-state index < -0.39 is 0 Å². The van der Waals surface area contributed by atoms with Crippen LogP contribution in [0, 0.1) is 0 Å². The van der Waals surface area contributed by atoms with Crippen molar-refractivity contribution in [1.82, 2.24) is 4.90 Å². The Morgan fingerprint density at radius 1 is 1.39 bits per heavy atom. The number of thiol groups is 1. The van der Waals surface area contributed by atoms with Gasteiger partial charge in [-0.05, 0) is 23.8 Å². The van der Waals surface area contributed by atoms with Crippen molar-refractivity contribution in [2.24, 2.45) is 0 Å². The lowest BCUT2D eigenvalue weighted by molar-refractivity contribution is -0.129. The highest BCUT2D eigenvalue weighted by Gasteiger charge is 2.13. The van der Waals surface area contributed by atoms with Crippen molar-refractivity contribution in [2.45, 2.75) is 4.90 Å². The maximum atomic E-state index is 11.9. The fraction of sp³-hybridized carbons (Fsp3) is 0.308. The van der Waals surface area contributed by atoms with Gasteiger partial charge in [-0.2, -0.15) is 0 Å². The SMILES string of the molecule is O=C(/C=C/c1ccc(S)c(Cl)c1)N1CCOCC1. The minimum Gasteiger partial charge on any atom is -0.378 e. The maximum absolute atomic E-state index is 11.9. The van der Waals surface area contributed by atoms with E-state index in [0.29, 0.717) is 31.3 Å². The molecular formula is C13H14ClNO2S. The summed E-state index contributed by atoms with van der Waals surface area (Å²) in [5.74, 6) is 0.00405. The van der Waals surface area contributed by atoms with E-state index in [1.54, 1.807) is 23.1 Å². The number of morpholine rings is 1. The standard InChI is InChI=1S/C13H14ClNO2S/c14-11-9-10(1-3-12(11)18)2-4-13(16)15-5-7-17-8-6-15/h1-4,9,18H,5-8H2/b4-2+. The van der Waals surface area contributed by atoms with Crippen LogP contribution in [0.15, 0.2) is 29.2 Å². The highest BCUT2D eigenvalue weighted by Crippen LogP contribution is 2.21. The van der Waals surface area contributed by atoms with Crippen LogP contribution in [-0.2, 0) is 9.53 Å². The number of halogens is 1. The van der Waals surface area contributed by atoms with Gasteiger partial charge in [0.1, 0.15) is 0 Å². The first-order chi connectivity index (χ1) is 8.66. The summed E-state index contributed by atoms with van der Waals surface area (Å²) in [6, 6.07) is 5.47. The van der Waals surface area contributed by atoms with Crippen molar-refractivity contribution < 1.29 is 9.53 Å². The van der Waals surface area contributed by atoms with Crippen molar-refractivity contribution in [3.63, 3.8) is 0 Å². The van der Waals surface area contributed by atoms with Crippen molar-refractivity contribution in [3.8, 4) is 0 Å². The molecule has 1 aromatic rings. The zero-order valence-electron chi connectivity index (χ0n) is 9.80. The van der Waals surface area contributed by atoms with Crippen molar-refractivity contribution in [3.05, 3.63) is 34.9 Å². The van der Waals surface area contributed by atoms with Crippen molar-refractivity contribution in [1.29, 1.82) is 0 Å². The summed E-state index contributed by atoms with van der Waals surface area (Å²) in [4.78, 5) is 14.4. The largest absolute Gasteiger partial charge is 0.378 e. The van der Waals surface area contributed by atoms with Gasteiger partial charge in [0, 0.05) is 24.1 Å². The molecule has 3 nitrogen and oxygen atoms in total. The summed E-state index contributed by atoms with van der Waals surface area (Å²) in [5, 5.41) is 0.583. The number of ether oxygens (including phenoxy) is 1. The number of hydrogen-bond donors (Lipinski definition) is 1. The molecule has 1 fully saturated rings. The molecule has 1 heterocycles. The zero-order chi connectivity index (χ0) is 13.0. The Hall–Kier alpha value is -0.970. The predicted octanol–water partition coefficient (Wildman–Crippen LogP) is 2.50. The van der Waals surface area contributed by atoms with Crippen molar-refractivity contribution >= 4 is 36.2 Å². The second kappa shape index (κ2) is 6.27. The number of rotatable bonds is 2. The minimum absolute atomic E-state index is 0.00405. The molecule has 1 saturated heterocycles. The molecule has 0 N–H and O–H groups in total. The second-order valence-corrected chi connectivity index (χ2v) is 4.87. The van der Waals surface area contributed by atoms with E-state index in [-0.39, 0.29) is 5.91 Å². The third kappa shape index (κ3) is 3.51. The Labute approximate surface area is 117 Å². The minimum atomic E-state index is 0.00405. The van der Waals surface area contributed by atoms with E-state index in [0.717, 1.165) is 10.5 Å². The molecule has 0 aliphatic carbocycles. The van der Waals surface area contributed by atoms with Crippen LogP contribution in [0.3, 0.4) is 0 Å². The van der Waals surface area contributed by atoms with Gasteiger partial charge >= 0.3 is 0 Å². The topological polar surface area (TPSA) is 29.5 Å². The zero-order valence-corrected chi connectivity index (χ0v) is 11.5. The normalized spacial score (nSPS) is 16.2. The van der Waals surface area contributed by atoms with E-state index in [1.165, 1.54) is 0 Å². The van der Waals surface area contributed by atoms with Crippen LogP contribution in [0.5, 0.6) is 0 Å². The van der Waals surface area contributed by atoms with Gasteiger partial charge in [-0.25, -0.2) is 0 Å². The fourth-order valence-corrected chi connectivity index (χ4v) is 2.01. The fourth-order valence-electron chi connectivity index (χ4n) is 1.68. The van der Waals surface area contributed by atoms with Gasteiger partial charge in [-0.3, -0.25) is 4.79 Å². The summed E-state index contributed by atoms with van der Waals surface area (Å²) in [6.45, 7) is 2.53. The third-order valence-electron chi connectivity index (χ3n) is 2.71. The molecule has 0 atom stereocenters. The Bertz CT molecular complexity index is 470. The third-order valence-corrected chi connectivity index (χ3v) is 3.55. The van der Waals surface area contributed by atoms with Crippen LogP contribution in [0.4, 0.5) is 0 Å². The Kier molecular flexibility index (Phi) is 4.69. The van der Waals surface area contributed by atoms with E-state index in [9.17, 15) is 4.79 Å². The maximum Gasteiger partial charge on any atom is 0.246 e. The Balaban J connectivity index is 2.01. The molecule has 18 heavy (non-hydrogen) atoms. The molecule has 1 aromatic carbocycles. The lowest BCUT2D eigenvalue weighted by Gasteiger charge is -2.25. The average molecular weight is 284 g/mol. The van der Waals surface area contributed by atoms with Crippen molar-refractivity contribution in [2.75, 3.05) is 26.3 Å². The lowest BCUT2D eigenvalue weighted by Crippen LogP contribution is -2.39. The lowest BCUT2D eigenvalue weighted by atomic mass is 10.2. The van der Waals surface area contributed by atoms with Gasteiger partial charge in [0.2, 0.25) is 5.91 Å². The monoisotopic (exact) mass is 283 g/mol. The molecule has 1 amide bonds. The highest BCUT2D eigenvalue weighted by atomic mass is 35.5. The van der Waals surface area contributed by atoms with Crippen LogP contribution in [0.2, 0.25) is 5.02 Å². The van der Waals surface area contributed by atoms with E-state index in [4.69, 9.17) is 16.3 Å². The molecule has 0 bridgehead atoms. The smallest absolute Gasteiger partial charge is 0.246 e. The molecule has 96 valence electrons. The van der Waals surface area contributed by atoms with Gasteiger partial charge in [-0.15, -0.1) is 12.6 Å². The van der Waals surface area contributed by atoms with E-state index in [2.05, 4.69) is 12.6 Å². The molecule has 2 rings (SSSR count). The molecule has 1 aliphatic heterocycles. The highest BCUT2D eigenvalue weighted by molar-refractivity contribution is 7.80. The summed E-state index contributed by atoms with van der Waals surface area (Å²) < 4.78 is 5.20. The van der Waals surface area contributed by atoms with Crippen LogP contribution >= 0.6 is 24.2 Å². The predicted molar refractivity (Wildman–Crippen MR) is 75.1 cm³/mol. The summed E-state index contributed by atoms with van der Waals surface area (Å²) in [6.07, 6.45) is 3.33. The second-order valence-electron chi connectivity index (χ2n) is 3.98. The number of amides is 1. The molecular weight excluding hydrogens is 270 g/mol. The number of nitrogens with zero attached hydrogens (tertiary/aromatic N) is 1. The van der Waals surface area contributed by atoms with E-state index >= 15 is 0 Å². The molecule has 1 aliphatic rings. The first-order valence-corrected chi connectivity index (χ1v) is 6.52. The summed E-state index contributed by atoms with van der Waals surface area (Å²) in [7, 11) is 0. The van der Waals surface area contributed by atoms with Gasteiger partial charge in [0.15, 0.2) is 0 Å². The van der Waals surface area contributed by atoms with Gasteiger partial charge in [-0.1, -0.05) is 17.7 Å². The van der Waals surface area contributed by atoms with Gasteiger partial charge in [0.25, 0.3) is 0 Å². The number of carbonyl (C=O) groups is 1. The molecule has 0 unspecified atom stereocenters. The first-order valence-electron chi connectivity index (χ1n) is 5.70. The Morgan fingerprint density at radius 3 is 2.78 bits per heavy atom. The average Bonchev–Trinajstić information content (AvgIpc) is 2.41. The number of carbonyl (C=O) groups excluding carboxylic acids is 1. The number of benzene rings is 1. The Morgan fingerprint density at radius 2 is 2.11 bits per heavy atom. The molecule has 0 radical (unpaired) electrons. The van der Waals surface area contributed by atoms with E-state index in [1.807, 2.05) is 12.1 Å². The molecule has 0 saturated carbocycles. The molecule has 0 aromatic heterocycles. The molecule has 5 heteroatoms. The first kappa shape index (κ1) is 13.5. The number of hydrogen-bond acceptors (Lipinski definition) is 3. The quantitative estimate of drug-likeness (QED) is 0.668.